The molecule has 2 aromatic carbocycles. The van der Waals surface area contributed by atoms with Crippen molar-refractivity contribution in [2.24, 2.45) is 0 Å². The van der Waals surface area contributed by atoms with Crippen LogP contribution in [0.3, 0.4) is 0 Å². The molecule has 0 aliphatic heterocycles. The molecule has 0 fully saturated rings. The maximum Gasteiger partial charge on any atom is 0.293 e. The molecule has 2 aromatic rings. The second-order valence-corrected chi connectivity index (χ2v) is 5.16. The van der Waals surface area contributed by atoms with E-state index in [-0.39, 0.29) is 28.2 Å². The van der Waals surface area contributed by atoms with E-state index in [1.807, 2.05) is 0 Å². The van der Waals surface area contributed by atoms with E-state index in [2.05, 4.69) is 21.2 Å². The number of benzene rings is 2. The Morgan fingerprint density at radius 3 is 2.57 bits per heavy atom. The smallest absolute Gasteiger partial charge is 0.293 e. The molecule has 0 saturated carbocycles. The van der Waals surface area contributed by atoms with Gasteiger partial charge in [0, 0.05) is 18.7 Å². The number of hydrogen-bond donors (Lipinski definition) is 1. The molecule has 0 radical (unpaired) electrons. The van der Waals surface area contributed by atoms with Crippen LogP contribution in [0.5, 0.6) is 0 Å². The predicted molar refractivity (Wildman–Crippen MR) is 79.3 cm³/mol. The summed E-state index contributed by atoms with van der Waals surface area (Å²) in [6.45, 7) is 0.253. The van der Waals surface area contributed by atoms with Crippen LogP contribution in [-0.2, 0) is 6.42 Å². The number of nitrogens with one attached hydrogen (secondary N) is 1. The van der Waals surface area contributed by atoms with Gasteiger partial charge in [-0.2, -0.15) is 0 Å². The Morgan fingerprint density at radius 2 is 1.90 bits per heavy atom. The van der Waals surface area contributed by atoms with Gasteiger partial charge in [-0.25, -0.2) is 8.78 Å². The summed E-state index contributed by atoms with van der Waals surface area (Å²) in [6, 6.07) is 8.41. The van der Waals surface area contributed by atoms with E-state index in [4.69, 9.17) is 0 Å². The average molecular weight is 357 g/mol. The monoisotopic (exact) mass is 356 g/mol. The molecule has 0 aromatic heterocycles. The largest absolute Gasteiger partial charge is 0.379 e. The van der Waals surface area contributed by atoms with Gasteiger partial charge in [0.15, 0.2) is 0 Å². The molecular weight excluding hydrogens is 346 g/mol. The van der Waals surface area contributed by atoms with E-state index in [0.29, 0.717) is 12.0 Å². The quantitative estimate of drug-likeness (QED) is 0.642. The van der Waals surface area contributed by atoms with Crippen molar-refractivity contribution in [2.45, 2.75) is 6.42 Å². The fraction of sp³-hybridized carbons (Fsp3) is 0.143. The van der Waals surface area contributed by atoms with Crippen LogP contribution in [0.15, 0.2) is 40.9 Å². The van der Waals surface area contributed by atoms with E-state index in [9.17, 15) is 18.9 Å². The number of anilines is 1. The lowest BCUT2D eigenvalue weighted by Gasteiger charge is -2.08. The zero-order valence-electron chi connectivity index (χ0n) is 10.8. The molecule has 1 N–H and O–H groups in total. The fourth-order valence-electron chi connectivity index (χ4n) is 1.86. The molecule has 2 rings (SSSR count). The first kappa shape index (κ1) is 15.4. The van der Waals surface area contributed by atoms with Gasteiger partial charge in [0.25, 0.3) is 5.69 Å². The molecule has 0 aliphatic carbocycles. The molecule has 21 heavy (non-hydrogen) atoms. The van der Waals surface area contributed by atoms with Crippen LogP contribution in [-0.4, -0.2) is 11.5 Å². The molecule has 0 spiro atoms. The number of nitro benzene ring substituents is 1. The molecule has 110 valence electrons. The third-order valence-electron chi connectivity index (χ3n) is 2.90. The highest BCUT2D eigenvalue weighted by Gasteiger charge is 2.17. The van der Waals surface area contributed by atoms with Crippen LogP contribution < -0.4 is 5.32 Å². The Bertz CT molecular complexity index is 680. The topological polar surface area (TPSA) is 55.2 Å². The second-order valence-electron chi connectivity index (χ2n) is 4.31. The normalized spacial score (nSPS) is 10.4. The highest BCUT2D eigenvalue weighted by molar-refractivity contribution is 9.10. The third-order valence-corrected chi connectivity index (χ3v) is 3.51. The first-order chi connectivity index (χ1) is 9.99. The van der Waals surface area contributed by atoms with Crippen molar-refractivity contribution in [1.82, 2.24) is 0 Å². The zero-order chi connectivity index (χ0) is 15.4. The summed E-state index contributed by atoms with van der Waals surface area (Å²) in [6.07, 6.45) is 0.335. The van der Waals surface area contributed by atoms with Gasteiger partial charge in [-0.05, 0) is 34.0 Å². The minimum Gasteiger partial charge on any atom is -0.379 e. The van der Waals surface area contributed by atoms with Crippen molar-refractivity contribution in [2.75, 3.05) is 11.9 Å². The number of nitro groups is 1. The van der Waals surface area contributed by atoms with Crippen LogP contribution in [0, 0.1) is 21.7 Å². The number of hydrogen-bond acceptors (Lipinski definition) is 3. The minimum absolute atomic E-state index is 0.0221. The van der Waals surface area contributed by atoms with Crippen LogP contribution in [0.4, 0.5) is 20.2 Å². The highest BCUT2D eigenvalue weighted by atomic mass is 79.9. The van der Waals surface area contributed by atoms with Crippen molar-refractivity contribution in [3.8, 4) is 0 Å². The summed E-state index contributed by atoms with van der Waals surface area (Å²) in [5, 5.41) is 13.7. The SMILES string of the molecule is O=[N+]([O-])c1cc(Br)c(F)cc1NCCc1ccccc1F. The van der Waals surface area contributed by atoms with E-state index in [0.717, 1.165) is 12.1 Å². The lowest BCUT2D eigenvalue weighted by Crippen LogP contribution is -2.08. The van der Waals surface area contributed by atoms with E-state index in [1.54, 1.807) is 18.2 Å². The van der Waals surface area contributed by atoms with Gasteiger partial charge in [0.2, 0.25) is 0 Å². The summed E-state index contributed by atoms with van der Waals surface area (Å²) in [5.74, 6) is -0.940. The zero-order valence-corrected chi connectivity index (χ0v) is 12.4. The maximum atomic E-state index is 13.5. The van der Waals surface area contributed by atoms with Crippen LogP contribution in [0.2, 0.25) is 0 Å². The molecule has 0 saturated heterocycles. The molecule has 0 amide bonds. The van der Waals surface area contributed by atoms with Crippen LogP contribution in [0.1, 0.15) is 5.56 Å². The van der Waals surface area contributed by atoms with Crippen LogP contribution in [0.25, 0.3) is 0 Å². The molecule has 0 heterocycles. The summed E-state index contributed by atoms with van der Waals surface area (Å²) in [7, 11) is 0. The number of rotatable bonds is 5. The van der Waals surface area contributed by atoms with E-state index >= 15 is 0 Å². The molecule has 7 heteroatoms. The van der Waals surface area contributed by atoms with Crippen molar-refractivity contribution >= 4 is 27.3 Å². The summed E-state index contributed by atoms with van der Waals surface area (Å²) < 4.78 is 26.9. The van der Waals surface area contributed by atoms with Crippen LogP contribution >= 0.6 is 15.9 Å². The molecule has 0 unspecified atom stereocenters. The molecule has 0 atom stereocenters. The van der Waals surface area contributed by atoms with E-state index in [1.165, 1.54) is 6.07 Å². The molecule has 0 aliphatic rings. The van der Waals surface area contributed by atoms with Gasteiger partial charge in [-0.15, -0.1) is 0 Å². The summed E-state index contributed by atoms with van der Waals surface area (Å²) >= 11 is 2.91. The minimum atomic E-state index is -0.603. The Morgan fingerprint density at radius 1 is 1.19 bits per heavy atom. The third kappa shape index (κ3) is 3.75. The first-order valence-corrected chi connectivity index (χ1v) is 6.89. The second kappa shape index (κ2) is 6.62. The molecule has 4 nitrogen and oxygen atoms in total. The first-order valence-electron chi connectivity index (χ1n) is 6.09. The predicted octanol–water partition coefficient (Wildman–Crippen LogP) is 4.29. The summed E-state index contributed by atoms with van der Waals surface area (Å²) in [5.41, 5.74) is 0.319. The average Bonchev–Trinajstić information content (AvgIpc) is 2.44. The van der Waals surface area contributed by atoms with Crippen molar-refractivity contribution < 1.29 is 13.7 Å². The molecule has 0 bridgehead atoms. The van der Waals surface area contributed by atoms with Gasteiger partial charge < -0.3 is 5.32 Å². The van der Waals surface area contributed by atoms with Gasteiger partial charge in [0.05, 0.1) is 9.40 Å². The standard InChI is InChI=1S/C14H11BrF2N2O2/c15-10-7-14(19(20)21)13(8-12(10)17)18-6-5-9-3-1-2-4-11(9)16/h1-4,7-8,18H,5-6H2. The Balaban J connectivity index is 2.11. The fourth-order valence-corrected chi connectivity index (χ4v) is 2.19. The Hall–Kier alpha value is -2.02. The number of halogens is 3. The van der Waals surface area contributed by atoms with Crippen molar-refractivity contribution in [3.05, 3.63) is 68.2 Å². The highest BCUT2D eigenvalue weighted by Crippen LogP contribution is 2.30. The lowest BCUT2D eigenvalue weighted by atomic mass is 10.1. The lowest BCUT2D eigenvalue weighted by molar-refractivity contribution is -0.384. The van der Waals surface area contributed by atoms with Crippen molar-refractivity contribution in [1.29, 1.82) is 0 Å². The van der Waals surface area contributed by atoms with Gasteiger partial charge in [-0.1, -0.05) is 18.2 Å². The van der Waals surface area contributed by atoms with Crippen molar-refractivity contribution in [3.63, 3.8) is 0 Å². The van der Waals surface area contributed by atoms with E-state index < -0.39 is 10.7 Å². The molecular formula is C14H11BrF2N2O2. The Kier molecular flexibility index (Phi) is 4.85. The maximum absolute atomic E-state index is 13.5. The van der Waals surface area contributed by atoms with Gasteiger partial charge in [-0.3, -0.25) is 10.1 Å². The number of nitrogens with zero attached hydrogens (tertiary/aromatic N) is 1. The Labute approximate surface area is 128 Å². The van der Waals surface area contributed by atoms with Gasteiger partial charge >= 0.3 is 0 Å². The summed E-state index contributed by atoms with van der Waals surface area (Å²) in [4.78, 5) is 10.3. The van der Waals surface area contributed by atoms with Gasteiger partial charge in [0.1, 0.15) is 17.3 Å².